The van der Waals surface area contributed by atoms with Gasteiger partial charge in [0, 0.05) is 12.6 Å². The van der Waals surface area contributed by atoms with Crippen LogP contribution in [-0.2, 0) is 0 Å². The molecule has 0 spiro atoms. The van der Waals surface area contributed by atoms with E-state index in [4.69, 9.17) is 0 Å². The molecule has 0 unspecified atom stereocenters. The summed E-state index contributed by atoms with van der Waals surface area (Å²) in [6.07, 6.45) is 2.73. The van der Waals surface area contributed by atoms with Crippen LogP contribution < -0.4 is 0 Å². The molecule has 1 atom stereocenters. The van der Waals surface area contributed by atoms with Gasteiger partial charge in [0.15, 0.2) is 0 Å². The van der Waals surface area contributed by atoms with Crippen molar-refractivity contribution in [2.24, 2.45) is 0 Å². The molecule has 1 saturated heterocycles. The first-order valence-corrected chi connectivity index (χ1v) is 5.05. The zero-order valence-corrected chi connectivity index (χ0v) is 9.30. The lowest BCUT2D eigenvalue weighted by Gasteiger charge is -2.33. The van der Waals surface area contributed by atoms with Gasteiger partial charge in [-0.05, 0) is 40.5 Å². The molecule has 1 rings (SSSR count). The fourth-order valence-corrected chi connectivity index (χ4v) is 1.56. The molecule has 0 N–H and O–H groups in total. The zero-order chi connectivity index (χ0) is 9.56. The maximum absolute atomic E-state index is 2.41. The highest BCUT2D eigenvalue weighted by Gasteiger charge is 2.17. The Kier molecular flexibility index (Phi) is 6.39. The van der Waals surface area contributed by atoms with Crippen LogP contribution in [0.3, 0.4) is 0 Å². The first-order chi connectivity index (χ1) is 5.70. The van der Waals surface area contributed by atoms with Crippen molar-refractivity contribution < 1.29 is 0 Å². The van der Waals surface area contributed by atoms with Gasteiger partial charge in [-0.1, -0.05) is 13.8 Å². The Morgan fingerprint density at radius 2 is 1.83 bits per heavy atom. The SMILES string of the molecule is CC.CN1CCC[C@H](N(C)C)C1. The molecule has 0 aromatic carbocycles. The van der Waals surface area contributed by atoms with E-state index in [0.717, 1.165) is 6.04 Å². The van der Waals surface area contributed by atoms with Crippen LogP contribution in [0.25, 0.3) is 0 Å². The number of piperidine rings is 1. The van der Waals surface area contributed by atoms with Crippen LogP contribution in [-0.4, -0.2) is 50.1 Å². The van der Waals surface area contributed by atoms with Gasteiger partial charge in [0.05, 0.1) is 0 Å². The van der Waals surface area contributed by atoms with Crippen molar-refractivity contribution in [2.75, 3.05) is 34.2 Å². The third kappa shape index (κ3) is 4.07. The minimum atomic E-state index is 0.791. The summed E-state index contributed by atoms with van der Waals surface area (Å²) < 4.78 is 0. The Balaban J connectivity index is 0.000000561. The van der Waals surface area contributed by atoms with Gasteiger partial charge in [0.25, 0.3) is 0 Å². The fourth-order valence-electron chi connectivity index (χ4n) is 1.56. The molecule has 0 aromatic rings. The second-order valence-corrected chi connectivity index (χ2v) is 3.52. The molecule has 0 bridgehead atoms. The third-order valence-electron chi connectivity index (χ3n) is 2.33. The Morgan fingerprint density at radius 1 is 1.25 bits per heavy atom. The van der Waals surface area contributed by atoms with Gasteiger partial charge in [0.2, 0.25) is 0 Å². The molecular weight excluding hydrogens is 148 g/mol. The number of likely N-dealkylation sites (N-methyl/N-ethyl adjacent to an activating group) is 2. The molecule has 1 aliphatic heterocycles. The van der Waals surface area contributed by atoms with Crippen molar-refractivity contribution in [1.29, 1.82) is 0 Å². The van der Waals surface area contributed by atoms with E-state index >= 15 is 0 Å². The second kappa shape index (κ2) is 6.44. The number of likely N-dealkylation sites (tertiary alicyclic amines) is 1. The Bertz CT molecular complexity index is 102. The Labute approximate surface area is 77.5 Å². The van der Waals surface area contributed by atoms with E-state index in [2.05, 4.69) is 30.9 Å². The molecule has 0 radical (unpaired) electrons. The van der Waals surface area contributed by atoms with E-state index in [1.807, 2.05) is 13.8 Å². The summed E-state index contributed by atoms with van der Waals surface area (Å²) in [5, 5.41) is 0. The predicted octanol–water partition coefficient (Wildman–Crippen LogP) is 1.67. The first kappa shape index (κ1) is 11.9. The topological polar surface area (TPSA) is 6.48 Å². The Morgan fingerprint density at radius 3 is 2.17 bits per heavy atom. The molecule has 2 nitrogen and oxygen atoms in total. The van der Waals surface area contributed by atoms with Gasteiger partial charge < -0.3 is 9.80 Å². The van der Waals surface area contributed by atoms with Crippen molar-refractivity contribution in [3.63, 3.8) is 0 Å². The number of hydrogen-bond donors (Lipinski definition) is 0. The average molecular weight is 172 g/mol. The second-order valence-electron chi connectivity index (χ2n) is 3.52. The van der Waals surface area contributed by atoms with Crippen LogP contribution in [0.15, 0.2) is 0 Å². The highest BCUT2D eigenvalue weighted by atomic mass is 15.2. The molecule has 1 fully saturated rings. The lowest BCUT2D eigenvalue weighted by atomic mass is 10.1. The molecule has 1 aliphatic rings. The normalized spacial score (nSPS) is 25.0. The maximum Gasteiger partial charge on any atom is 0.0217 e. The molecule has 0 saturated carbocycles. The molecule has 12 heavy (non-hydrogen) atoms. The number of rotatable bonds is 1. The summed E-state index contributed by atoms with van der Waals surface area (Å²) in [6.45, 7) is 6.53. The molecule has 0 aromatic heterocycles. The highest BCUT2D eigenvalue weighted by Crippen LogP contribution is 2.11. The van der Waals surface area contributed by atoms with Crippen LogP contribution in [0.5, 0.6) is 0 Å². The van der Waals surface area contributed by atoms with Crippen molar-refractivity contribution in [2.45, 2.75) is 32.7 Å². The predicted molar refractivity (Wildman–Crippen MR) is 55.6 cm³/mol. The van der Waals surface area contributed by atoms with E-state index < -0.39 is 0 Å². The summed E-state index contributed by atoms with van der Waals surface area (Å²) in [4.78, 5) is 4.74. The van der Waals surface area contributed by atoms with Crippen LogP contribution in [0.1, 0.15) is 26.7 Å². The summed E-state index contributed by atoms with van der Waals surface area (Å²) in [5.41, 5.74) is 0. The van der Waals surface area contributed by atoms with E-state index in [9.17, 15) is 0 Å². The largest absolute Gasteiger partial charge is 0.305 e. The van der Waals surface area contributed by atoms with Crippen LogP contribution >= 0.6 is 0 Å². The number of hydrogen-bond acceptors (Lipinski definition) is 2. The fraction of sp³-hybridized carbons (Fsp3) is 1.00. The molecule has 0 amide bonds. The smallest absolute Gasteiger partial charge is 0.0217 e. The Hall–Kier alpha value is -0.0800. The third-order valence-corrected chi connectivity index (χ3v) is 2.33. The van der Waals surface area contributed by atoms with Crippen molar-refractivity contribution in [3.8, 4) is 0 Å². The summed E-state index contributed by atoms with van der Waals surface area (Å²) in [7, 11) is 6.54. The minimum Gasteiger partial charge on any atom is -0.305 e. The van der Waals surface area contributed by atoms with Crippen LogP contribution in [0, 0.1) is 0 Å². The molecule has 74 valence electrons. The lowest BCUT2D eigenvalue weighted by Crippen LogP contribution is -2.43. The van der Waals surface area contributed by atoms with E-state index in [1.54, 1.807) is 0 Å². The zero-order valence-electron chi connectivity index (χ0n) is 9.30. The quantitative estimate of drug-likeness (QED) is 0.593. The monoisotopic (exact) mass is 172 g/mol. The van der Waals surface area contributed by atoms with Crippen molar-refractivity contribution >= 4 is 0 Å². The van der Waals surface area contributed by atoms with Gasteiger partial charge in [-0.3, -0.25) is 0 Å². The minimum absolute atomic E-state index is 0.791. The molecule has 0 aliphatic carbocycles. The van der Waals surface area contributed by atoms with Gasteiger partial charge in [0.1, 0.15) is 0 Å². The van der Waals surface area contributed by atoms with Crippen molar-refractivity contribution in [3.05, 3.63) is 0 Å². The molecule has 2 heteroatoms. The van der Waals surface area contributed by atoms with Crippen LogP contribution in [0.4, 0.5) is 0 Å². The average Bonchev–Trinajstić information content (AvgIpc) is 2.08. The lowest BCUT2D eigenvalue weighted by molar-refractivity contribution is 0.155. The van der Waals surface area contributed by atoms with E-state index in [0.29, 0.717) is 0 Å². The first-order valence-electron chi connectivity index (χ1n) is 5.05. The summed E-state index contributed by atoms with van der Waals surface area (Å²) in [5.74, 6) is 0. The van der Waals surface area contributed by atoms with Gasteiger partial charge in [-0.25, -0.2) is 0 Å². The van der Waals surface area contributed by atoms with E-state index in [1.165, 1.54) is 25.9 Å². The van der Waals surface area contributed by atoms with Crippen LogP contribution in [0.2, 0.25) is 0 Å². The van der Waals surface area contributed by atoms with Crippen molar-refractivity contribution in [1.82, 2.24) is 9.80 Å². The maximum atomic E-state index is 2.41. The van der Waals surface area contributed by atoms with E-state index in [-0.39, 0.29) is 0 Å². The highest BCUT2D eigenvalue weighted by molar-refractivity contribution is 4.75. The summed E-state index contributed by atoms with van der Waals surface area (Å²) in [6, 6.07) is 0.791. The number of nitrogens with zero attached hydrogens (tertiary/aromatic N) is 2. The summed E-state index contributed by atoms with van der Waals surface area (Å²) >= 11 is 0. The molecular formula is C10H24N2. The van der Waals surface area contributed by atoms with Gasteiger partial charge in [-0.2, -0.15) is 0 Å². The van der Waals surface area contributed by atoms with Gasteiger partial charge >= 0.3 is 0 Å². The molecule has 1 heterocycles. The van der Waals surface area contributed by atoms with Gasteiger partial charge in [-0.15, -0.1) is 0 Å². The standard InChI is InChI=1S/C8H18N2.C2H6/c1-9(2)8-5-4-6-10(3)7-8;1-2/h8H,4-7H2,1-3H3;1-2H3/t8-;/m0./s1.